The molecule has 132 valence electrons. The highest BCUT2D eigenvalue weighted by Gasteiger charge is 2.26. The molecule has 1 aliphatic rings. The van der Waals surface area contributed by atoms with Crippen molar-refractivity contribution in [3.63, 3.8) is 0 Å². The largest absolute Gasteiger partial charge is 0.494 e. The Labute approximate surface area is 163 Å². The van der Waals surface area contributed by atoms with Gasteiger partial charge in [0.25, 0.3) is 5.56 Å². The number of benzene rings is 1. The third-order valence-electron chi connectivity index (χ3n) is 4.21. The molecule has 5 nitrogen and oxygen atoms in total. The summed E-state index contributed by atoms with van der Waals surface area (Å²) in [6.45, 7) is 0. The molecule has 0 bridgehead atoms. The maximum Gasteiger partial charge on any atom is 0.264 e. The lowest BCUT2D eigenvalue weighted by Gasteiger charge is -2.15. The molecule has 1 aliphatic heterocycles. The van der Waals surface area contributed by atoms with Crippen molar-refractivity contribution in [2.75, 3.05) is 0 Å². The maximum atomic E-state index is 12.5. The molecule has 2 aromatic heterocycles. The number of aromatic hydroxyl groups is 1. The Bertz CT molecular complexity index is 1110. The smallest absolute Gasteiger partial charge is 0.264 e. The molecule has 0 aliphatic carbocycles. The summed E-state index contributed by atoms with van der Waals surface area (Å²) in [6.07, 6.45) is 0.535. The van der Waals surface area contributed by atoms with Crippen LogP contribution in [-0.2, 0) is 7.05 Å². The first-order chi connectivity index (χ1) is 12.5. The second-order valence-corrected chi connectivity index (χ2v) is 8.48. The van der Waals surface area contributed by atoms with Gasteiger partial charge in [0.1, 0.15) is 5.56 Å². The Hall–Kier alpha value is -2.16. The van der Waals surface area contributed by atoms with Crippen molar-refractivity contribution in [1.82, 2.24) is 9.55 Å². The number of hydrogen-bond acceptors (Lipinski definition) is 6. The van der Waals surface area contributed by atoms with E-state index in [1.807, 2.05) is 35.7 Å². The number of fused-ring (bicyclic) bond motifs is 1. The summed E-state index contributed by atoms with van der Waals surface area (Å²) < 4.78 is 1.56. The van der Waals surface area contributed by atoms with Crippen molar-refractivity contribution in [3.8, 4) is 5.88 Å². The number of rotatable bonds is 2. The number of hydrogen-bond donors (Lipinski definition) is 2. The van der Waals surface area contributed by atoms with Gasteiger partial charge in [0.15, 0.2) is 4.77 Å². The molecule has 0 saturated heterocycles. The normalized spacial score (nSPS) is 16.7. The van der Waals surface area contributed by atoms with Crippen LogP contribution in [0.4, 0.5) is 5.69 Å². The summed E-state index contributed by atoms with van der Waals surface area (Å²) in [4.78, 5) is 22.2. The Kier molecular flexibility index (Phi) is 4.56. The summed E-state index contributed by atoms with van der Waals surface area (Å²) in [5, 5.41) is 12.7. The minimum absolute atomic E-state index is 0.115. The van der Waals surface area contributed by atoms with E-state index in [1.54, 1.807) is 30.1 Å². The Morgan fingerprint density at radius 3 is 2.88 bits per heavy atom. The second kappa shape index (κ2) is 6.86. The van der Waals surface area contributed by atoms with Crippen LogP contribution in [0, 0.1) is 4.77 Å². The highest BCUT2D eigenvalue weighted by molar-refractivity contribution is 7.99. The van der Waals surface area contributed by atoms with Gasteiger partial charge in [-0.2, -0.15) is 0 Å². The Morgan fingerprint density at radius 1 is 1.31 bits per heavy atom. The maximum absolute atomic E-state index is 12.5. The van der Waals surface area contributed by atoms with Gasteiger partial charge in [0.2, 0.25) is 5.88 Å². The fraction of sp³-hybridized carbons (Fsp3) is 0.167. The van der Waals surface area contributed by atoms with Gasteiger partial charge in [0.05, 0.1) is 11.4 Å². The molecule has 0 amide bonds. The topological polar surface area (TPSA) is 70.4 Å². The predicted molar refractivity (Wildman–Crippen MR) is 109 cm³/mol. The highest BCUT2D eigenvalue weighted by atomic mass is 32.2. The number of H-pyrrole nitrogens is 1. The van der Waals surface area contributed by atoms with Gasteiger partial charge in [-0.3, -0.25) is 19.3 Å². The van der Waals surface area contributed by atoms with Gasteiger partial charge in [0, 0.05) is 28.5 Å². The number of aromatic nitrogens is 2. The van der Waals surface area contributed by atoms with E-state index >= 15 is 0 Å². The van der Waals surface area contributed by atoms with E-state index in [0.29, 0.717) is 12.1 Å². The lowest BCUT2D eigenvalue weighted by Crippen LogP contribution is -2.22. The van der Waals surface area contributed by atoms with Crippen LogP contribution in [-0.4, -0.2) is 20.4 Å². The van der Waals surface area contributed by atoms with Crippen LogP contribution >= 0.6 is 35.3 Å². The molecule has 3 heterocycles. The zero-order valence-corrected chi connectivity index (χ0v) is 16.3. The molecule has 2 N–H and O–H groups in total. The van der Waals surface area contributed by atoms with Crippen LogP contribution in [0.3, 0.4) is 0 Å². The number of aliphatic imine (C=N–C) groups is 1. The predicted octanol–water partition coefficient (Wildman–Crippen LogP) is 4.57. The van der Waals surface area contributed by atoms with Crippen LogP contribution in [0.25, 0.3) is 0 Å². The molecule has 4 rings (SSSR count). The van der Waals surface area contributed by atoms with Crippen molar-refractivity contribution in [2.45, 2.75) is 16.6 Å². The van der Waals surface area contributed by atoms with Crippen LogP contribution in [0.2, 0.25) is 0 Å². The van der Waals surface area contributed by atoms with Crippen LogP contribution in [0.15, 0.2) is 56.5 Å². The monoisotopic (exact) mass is 401 g/mol. The minimum atomic E-state index is -0.418. The van der Waals surface area contributed by atoms with E-state index in [1.165, 1.54) is 9.44 Å². The molecule has 0 fully saturated rings. The van der Waals surface area contributed by atoms with E-state index in [0.717, 1.165) is 10.6 Å². The molecule has 3 aromatic rings. The summed E-state index contributed by atoms with van der Waals surface area (Å²) in [7, 11) is 1.62. The molecule has 0 radical (unpaired) electrons. The quantitative estimate of drug-likeness (QED) is 0.617. The van der Waals surface area contributed by atoms with E-state index in [2.05, 4.69) is 11.1 Å². The van der Waals surface area contributed by atoms with Gasteiger partial charge >= 0.3 is 0 Å². The van der Waals surface area contributed by atoms with E-state index in [-0.39, 0.29) is 21.5 Å². The second-order valence-electron chi connectivity index (χ2n) is 5.87. The number of para-hydroxylation sites is 1. The van der Waals surface area contributed by atoms with Gasteiger partial charge in [-0.15, -0.1) is 23.1 Å². The summed E-state index contributed by atoms with van der Waals surface area (Å²) >= 11 is 8.48. The van der Waals surface area contributed by atoms with Crippen molar-refractivity contribution in [1.29, 1.82) is 0 Å². The molecular weight excluding hydrogens is 386 g/mol. The minimum Gasteiger partial charge on any atom is -0.494 e. The first kappa shape index (κ1) is 17.3. The zero-order valence-electron chi connectivity index (χ0n) is 13.8. The molecule has 0 saturated carbocycles. The average molecular weight is 402 g/mol. The first-order valence-corrected chi connectivity index (χ1v) is 10.1. The molecule has 26 heavy (non-hydrogen) atoms. The summed E-state index contributed by atoms with van der Waals surface area (Å²) in [5.74, 6) is -0.160. The van der Waals surface area contributed by atoms with E-state index < -0.39 is 5.56 Å². The molecule has 1 aromatic carbocycles. The SMILES string of the molecule is Cn1c(O)c(C2=Nc3ccccc3S[C@H](c3cccs3)C2)c(=O)[nH]c1=S. The third-order valence-corrected chi connectivity index (χ3v) is 7.03. The summed E-state index contributed by atoms with van der Waals surface area (Å²) in [5.41, 5.74) is 1.12. The first-order valence-electron chi connectivity index (χ1n) is 7.94. The van der Waals surface area contributed by atoms with Gasteiger partial charge in [-0.25, -0.2) is 0 Å². The van der Waals surface area contributed by atoms with E-state index in [4.69, 9.17) is 17.2 Å². The van der Waals surface area contributed by atoms with Gasteiger partial charge < -0.3 is 5.11 Å². The van der Waals surface area contributed by atoms with Crippen LogP contribution in [0.1, 0.15) is 22.1 Å². The number of aromatic amines is 1. The number of nitrogens with one attached hydrogen (secondary N) is 1. The molecule has 0 spiro atoms. The van der Waals surface area contributed by atoms with Crippen molar-refractivity contribution >= 4 is 46.7 Å². The Balaban J connectivity index is 1.93. The Morgan fingerprint density at radius 2 is 2.12 bits per heavy atom. The number of thiophene rings is 1. The molecule has 0 unspecified atom stereocenters. The van der Waals surface area contributed by atoms with Gasteiger partial charge in [-0.05, 0) is 35.8 Å². The van der Waals surface area contributed by atoms with Crippen molar-refractivity contribution < 1.29 is 5.11 Å². The number of thioether (sulfide) groups is 1. The average Bonchev–Trinajstić information content (AvgIpc) is 3.08. The van der Waals surface area contributed by atoms with Crippen molar-refractivity contribution in [3.05, 3.63) is 67.3 Å². The fourth-order valence-corrected chi connectivity index (χ4v) is 5.20. The van der Waals surface area contributed by atoms with Crippen molar-refractivity contribution in [2.24, 2.45) is 12.0 Å². The lowest BCUT2D eigenvalue weighted by molar-refractivity contribution is 0.419. The number of nitrogens with zero attached hydrogens (tertiary/aromatic N) is 2. The molecule has 8 heteroatoms. The standard InChI is InChI=1S/C18H15N3O2S3/c1-21-17(23)15(16(22)20-18(21)24)11-9-14(13-7-4-8-25-13)26-12-6-3-2-5-10(12)19-11/h2-8,14,23H,9H2,1H3,(H,20,22,24)/t14-/m0/s1. The molecular formula is C18H15N3O2S3. The van der Waals surface area contributed by atoms with Crippen LogP contribution < -0.4 is 5.56 Å². The van der Waals surface area contributed by atoms with Gasteiger partial charge in [-0.1, -0.05) is 18.2 Å². The summed E-state index contributed by atoms with van der Waals surface area (Å²) in [6, 6.07) is 12.0. The molecule has 1 atom stereocenters. The zero-order chi connectivity index (χ0) is 18.3. The lowest BCUT2D eigenvalue weighted by atomic mass is 10.1. The fourth-order valence-electron chi connectivity index (χ4n) is 2.87. The highest BCUT2D eigenvalue weighted by Crippen LogP contribution is 2.46. The third kappa shape index (κ3) is 3.04. The van der Waals surface area contributed by atoms with E-state index in [9.17, 15) is 9.90 Å². The van der Waals surface area contributed by atoms with Crippen LogP contribution in [0.5, 0.6) is 5.88 Å².